The lowest BCUT2D eigenvalue weighted by Crippen LogP contribution is -2.13. The number of nitrogens with two attached hydrogens (primary N) is 1. The van der Waals surface area contributed by atoms with Crippen molar-refractivity contribution < 1.29 is 5.21 Å². The number of nitrogens with zero attached hydrogens (tertiary/aromatic N) is 3. The van der Waals surface area contributed by atoms with Gasteiger partial charge in [-0.2, -0.15) is 5.10 Å². The number of halogens is 1. The monoisotopic (exact) mass is 264 g/mol. The molecular weight excluding hydrogens is 252 g/mol. The van der Waals surface area contributed by atoms with Crippen LogP contribution in [0, 0.1) is 6.92 Å². The first-order valence-corrected chi connectivity index (χ1v) is 5.74. The van der Waals surface area contributed by atoms with Crippen molar-refractivity contribution in [2.75, 3.05) is 0 Å². The highest BCUT2D eigenvalue weighted by Gasteiger charge is 2.06. The van der Waals surface area contributed by atoms with E-state index in [4.69, 9.17) is 22.5 Å². The third kappa shape index (κ3) is 2.46. The number of oxime groups is 1. The van der Waals surface area contributed by atoms with E-state index in [1.807, 2.05) is 25.1 Å². The number of aromatic nitrogens is 2. The summed E-state index contributed by atoms with van der Waals surface area (Å²) in [7, 11) is 0. The summed E-state index contributed by atoms with van der Waals surface area (Å²) in [4.78, 5) is 0. The summed E-state index contributed by atoms with van der Waals surface area (Å²) in [6.07, 6.45) is 1.62. The van der Waals surface area contributed by atoms with Crippen molar-refractivity contribution in [1.82, 2.24) is 9.78 Å². The molecule has 1 aromatic carbocycles. The van der Waals surface area contributed by atoms with E-state index >= 15 is 0 Å². The Kier molecular flexibility index (Phi) is 3.53. The third-order valence-electron chi connectivity index (χ3n) is 2.71. The van der Waals surface area contributed by atoms with Gasteiger partial charge in [-0.05, 0) is 18.6 Å². The zero-order valence-electron chi connectivity index (χ0n) is 9.84. The average Bonchev–Trinajstić information content (AvgIpc) is 2.70. The van der Waals surface area contributed by atoms with Crippen molar-refractivity contribution in [3.63, 3.8) is 0 Å². The molecule has 0 aliphatic rings. The van der Waals surface area contributed by atoms with Gasteiger partial charge in [0.1, 0.15) is 0 Å². The molecule has 0 fully saturated rings. The fourth-order valence-electron chi connectivity index (χ4n) is 1.64. The first kappa shape index (κ1) is 12.4. The summed E-state index contributed by atoms with van der Waals surface area (Å²) in [5.41, 5.74) is 8.13. The molecule has 6 heteroatoms. The van der Waals surface area contributed by atoms with E-state index in [1.165, 1.54) is 0 Å². The van der Waals surface area contributed by atoms with Gasteiger partial charge in [0.15, 0.2) is 5.84 Å². The van der Waals surface area contributed by atoms with Crippen molar-refractivity contribution in [2.24, 2.45) is 10.9 Å². The Morgan fingerprint density at radius 1 is 1.56 bits per heavy atom. The van der Waals surface area contributed by atoms with Crippen molar-refractivity contribution in [3.05, 3.63) is 52.3 Å². The maximum absolute atomic E-state index is 8.64. The molecule has 0 atom stereocenters. The Hall–Kier alpha value is -2.01. The van der Waals surface area contributed by atoms with E-state index < -0.39 is 0 Å². The molecule has 0 saturated heterocycles. The summed E-state index contributed by atoms with van der Waals surface area (Å²) in [5, 5.41) is 16.4. The molecule has 0 saturated carbocycles. The van der Waals surface area contributed by atoms with E-state index in [0.29, 0.717) is 17.1 Å². The minimum absolute atomic E-state index is 0.0899. The normalized spacial score (nSPS) is 11.8. The molecule has 3 N–H and O–H groups in total. The van der Waals surface area contributed by atoms with Crippen LogP contribution in [0.25, 0.3) is 0 Å². The maximum atomic E-state index is 8.64. The van der Waals surface area contributed by atoms with Crippen LogP contribution in [-0.2, 0) is 6.54 Å². The lowest BCUT2D eigenvalue weighted by molar-refractivity contribution is 0.318. The maximum Gasteiger partial charge on any atom is 0.170 e. The molecule has 0 unspecified atom stereocenters. The van der Waals surface area contributed by atoms with Crippen LogP contribution in [0.15, 0.2) is 35.6 Å². The molecule has 1 aromatic heterocycles. The number of hydrogen-bond acceptors (Lipinski definition) is 3. The molecular formula is C12H13ClN4O. The fraction of sp³-hybridized carbons (Fsp3) is 0.167. The number of amidine groups is 1. The summed E-state index contributed by atoms with van der Waals surface area (Å²) in [5.74, 6) is 0.0899. The summed E-state index contributed by atoms with van der Waals surface area (Å²) >= 11 is 5.94. The quantitative estimate of drug-likeness (QED) is 0.385. The van der Waals surface area contributed by atoms with Crippen LogP contribution in [0.1, 0.15) is 16.8 Å². The Labute approximate surface area is 109 Å². The molecule has 0 radical (unpaired) electrons. The Bertz CT molecular complexity index is 592. The molecule has 2 aromatic rings. The second-order valence-corrected chi connectivity index (χ2v) is 4.33. The van der Waals surface area contributed by atoms with Gasteiger partial charge in [0.25, 0.3) is 0 Å². The van der Waals surface area contributed by atoms with Gasteiger partial charge in [-0.15, -0.1) is 0 Å². The van der Waals surface area contributed by atoms with Crippen molar-refractivity contribution >= 4 is 17.4 Å². The minimum atomic E-state index is 0.0899. The first-order chi connectivity index (χ1) is 8.61. The molecule has 1 heterocycles. The van der Waals surface area contributed by atoms with Crippen molar-refractivity contribution in [2.45, 2.75) is 13.5 Å². The number of rotatable bonds is 3. The second kappa shape index (κ2) is 5.10. The van der Waals surface area contributed by atoms with Gasteiger partial charge in [-0.1, -0.05) is 35.0 Å². The van der Waals surface area contributed by atoms with Gasteiger partial charge < -0.3 is 10.9 Å². The third-order valence-corrected chi connectivity index (χ3v) is 3.08. The smallest absolute Gasteiger partial charge is 0.170 e. The fourth-order valence-corrected chi connectivity index (χ4v) is 1.78. The molecule has 94 valence electrons. The molecule has 0 aliphatic heterocycles. The Balaban J connectivity index is 2.27. The Morgan fingerprint density at radius 3 is 2.94 bits per heavy atom. The van der Waals surface area contributed by atoms with Crippen LogP contribution in [0.5, 0.6) is 0 Å². The zero-order chi connectivity index (χ0) is 13.1. The molecule has 2 rings (SSSR count). The average molecular weight is 265 g/mol. The first-order valence-electron chi connectivity index (χ1n) is 5.36. The second-order valence-electron chi connectivity index (χ2n) is 3.92. The standard InChI is InChI=1S/C12H13ClN4O/c1-8-11(13)6-15-17(8)7-9-3-2-4-10(5-9)12(14)16-18/h2-6,18H,7H2,1H3,(H2,14,16). The lowest BCUT2D eigenvalue weighted by Gasteiger charge is -2.06. The van der Waals surface area contributed by atoms with Crippen LogP contribution in [0.3, 0.4) is 0 Å². The zero-order valence-corrected chi connectivity index (χ0v) is 10.6. The largest absolute Gasteiger partial charge is 0.409 e. The predicted molar refractivity (Wildman–Crippen MR) is 70.0 cm³/mol. The van der Waals surface area contributed by atoms with E-state index in [9.17, 15) is 0 Å². The van der Waals surface area contributed by atoms with Gasteiger partial charge >= 0.3 is 0 Å². The molecule has 0 aliphatic carbocycles. The van der Waals surface area contributed by atoms with Crippen LogP contribution in [-0.4, -0.2) is 20.8 Å². The van der Waals surface area contributed by atoms with E-state index in [0.717, 1.165) is 11.3 Å². The Morgan fingerprint density at radius 2 is 2.33 bits per heavy atom. The highest BCUT2D eigenvalue weighted by atomic mass is 35.5. The van der Waals surface area contributed by atoms with Crippen LogP contribution in [0.4, 0.5) is 0 Å². The highest BCUT2D eigenvalue weighted by molar-refractivity contribution is 6.31. The number of hydrogen-bond donors (Lipinski definition) is 2. The van der Waals surface area contributed by atoms with Crippen molar-refractivity contribution in [1.29, 1.82) is 0 Å². The van der Waals surface area contributed by atoms with Crippen LogP contribution < -0.4 is 5.73 Å². The van der Waals surface area contributed by atoms with E-state index in [-0.39, 0.29) is 5.84 Å². The summed E-state index contributed by atoms with van der Waals surface area (Å²) in [6.45, 7) is 2.49. The molecule has 0 bridgehead atoms. The van der Waals surface area contributed by atoms with Crippen molar-refractivity contribution in [3.8, 4) is 0 Å². The molecule has 18 heavy (non-hydrogen) atoms. The van der Waals surface area contributed by atoms with Gasteiger partial charge in [0.05, 0.1) is 23.5 Å². The van der Waals surface area contributed by atoms with Gasteiger partial charge in [0, 0.05) is 5.56 Å². The minimum Gasteiger partial charge on any atom is -0.409 e. The molecule has 5 nitrogen and oxygen atoms in total. The lowest BCUT2D eigenvalue weighted by atomic mass is 10.1. The SMILES string of the molecule is Cc1c(Cl)cnn1Cc1cccc(C(N)=NO)c1. The highest BCUT2D eigenvalue weighted by Crippen LogP contribution is 2.15. The van der Waals surface area contributed by atoms with E-state index in [1.54, 1.807) is 16.9 Å². The van der Waals surface area contributed by atoms with Gasteiger partial charge in [0.2, 0.25) is 0 Å². The van der Waals surface area contributed by atoms with Crippen LogP contribution in [0.2, 0.25) is 5.02 Å². The van der Waals surface area contributed by atoms with Gasteiger partial charge in [-0.25, -0.2) is 0 Å². The van der Waals surface area contributed by atoms with Crippen LogP contribution >= 0.6 is 11.6 Å². The van der Waals surface area contributed by atoms with E-state index in [2.05, 4.69) is 10.3 Å². The topological polar surface area (TPSA) is 76.4 Å². The molecule has 0 spiro atoms. The number of benzene rings is 1. The predicted octanol–water partition coefficient (Wildman–Crippen LogP) is 1.99. The summed E-state index contributed by atoms with van der Waals surface area (Å²) < 4.78 is 1.80. The molecule has 0 amide bonds. The van der Waals surface area contributed by atoms with Gasteiger partial charge in [-0.3, -0.25) is 4.68 Å². The summed E-state index contributed by atoms with van der Waals surface area (Å²) in [6, 6.07) is 7.43.